The second-order valence-electron chi connectivity index (χ2n) is 11.2. The molecule has 3 heterocycles. The summed E-state index contributed by atoms with van der Waals surface area (Å²) < 4.78 is 6.27. The van der Waals surface area contributed by atoms with Crippen LogP contribution in [0.5, 0.6) is 0 Å². The molecule has 5 rings (SSSR count). The number of Topliss-reactive ketones (excluding diaryl/α,β-unsaturated/α-hetero) is 1. The summed E-state index contributed by atoms with van der Waals surface area (Å²) >= 11 is 1.43. The van der Waals surface area contributed by atoms with E-state index in [1.807, 2.05) is 12.1 Å². The van der Waals surface area contributed by atoms with Crippen LogP contribution in [0.1, 0.15) is 82.5 Å². The monoisotopic (exact) mass is 479 g/mol. The highest BCUT2D eigenvalue weighted by Crippen LogP contribution is 2.49. The van der Waals surface area contributed by atoms with E-state index in [0.29, 0.717) is 16.6 Å². The van der Waals surface area contributed by atoms with Crippen molar-refractivity contribution in [3.63, 3.8) is 0 Å². The molecule has 180 valence electrons. The topological polar surface area (TPSA) is 72.4 Å². The summed E-state index contributed by atoms with van der Waals surface area (Å²) in [4.78, 5) is 29.2. The fraction of sp³-hybridized carbons (Fsp3) is 0.556. The fourth-order valence-electron chi connectivity index (χ4n) is 5.30. The van der Waals surface area contributed by atoms with Gasteiger partial charge in [-0.1, -0.05) is 76.6 Å². The number of anilines is 1. The minimum absolute atomic E-state index is 0.0121. The van der Waals surface area contributed by atoms with Crippen LogP contribution in [0.25, 0.3) is 0 Å². The maximum Gasteiger partial charge on any atom is 0.296 e. The molecule has 0 bridgehead atoms. The third kappa shape index (κ3) is 3.98. The van der Waals surface area contributed by atoms with Crippen molar-refractivity contribution in [3.8, 4) is 0 Å². The molecule has 3 aliphatic rings. The predicted octanol–water partition coefficient (Wildman–Crippen LogP) is 5.53. The SMILES string of the molecule is CC(C)Cc1nnc(N2C(=O)C3=C(C(=O)C4CCCCC4O3)C2c2ccc(C(C)(C)C)cc2)s1. The number of nitrogens with zero attached hydrogens (tertiary/aromatic N) is 3. The van der Waals surface area contributed by atoms with Crippen LogP contribution in [0.4, 0.5) is 5.13 Å². The van der Waals surface area contributed by atoms with Crippen molar-refractivity contribution >= 4 is 28.2 Å². The normalized spacial score (nSPS) is 25.0. The maximum absolute atomic E-state index is 13.8. The van der Waals surface area contributed by atoms with E-state index in [9.17, 15) is 9.59 Å². The Balaban J connectivity index is 1.59. The Morgan fingerprint density at radius 3 is 2.47 bits per heavy atom. The van der Waals surface area contributed by atoms with Gasteiger partial charge in [0.15, 0.2) is 11.5 Å². The van der Waals surface area contributed by atoms with E-state index in [4.69, 9.17) is 4.74 Å². The van der Waals surface area contributed by atoms with Crippen LogP contribution in [0.2, 0.25) is 0 Å². The number of aromatic nitrogens is 2. The first-order valence-corrected chi connectivity index (χ1v) is 13.2. The summed E-state index contributed by atoms with van der Waals surface area (Å²) in [5.41, 5.74) is 2.61. The van der Waals surface area contributed by atoms with E-state index < -0.39 is 6.04 Å². The summed E-state index contributed by atoms with van der Waals surface area (Å²) in [7, 11) is 0. The number of benzene rings is 1. The number of ether oxygens (including phenoxy) is 1. The van der Waals surface area contributed by atoms with Gasteiger partial charge in [0.05, 0.1) is 17.5 Å². The Kier molecular flexibility index (Phi) is 5.87. The number of ketones is 1. The molecule has 1 aromatic heterocycles. The standard InChI is InChI=1S/C27H33N3O3S/c1-15(2)14-20-28-29-26(34-20)30-22(16-10-12-17(13-11-16)27(3,4)5)21-23(31)18-8-6-7-9-19(18)33-24(21)25(30)32/h10-13,15,18-19,22H,6-9,14H2,1-5H3. The molecule has 6 nitrogen and oxygen atoms in total. The molecule has 0 saturated heterocycles. The van der Waals surface area contributed by atoms with Gasteiger partial charge in [-0.3, -0.25) is 14.5 Å². The number of amides is 1. The Morgan fingerprint density at radius 2 is 1.79 bits per heavy atom. The van der Waals surface area contributed by atoms with Gasteiger partial charge in [-0.05, 0) is 41.7 Å². The number of hydrogen-bond donors (Lipinski definition) is 0. The highest BCUT2D eigenvalue weighted by atomic mass is 32.1. The lowest BCUT2D eigenvalue weighted by atomic mass is 9.77. The van der Waals surface area contributed by atoms with Crippen LogP contribution < -0.4 is 4.90 Å². The number of fused-ring (bicyclic) bond motifs is 1. The molecule has 3 atom stereocenters. The predicted molar refractivity (Wildman–Crippen MR) is 133 cm³/mol. The molecule has 7 heteroatoms. The minimum atomic E-state index is -0.535. The quantitative estimate of drug-likeness (QED) is 0.576. The minimum Gasteiger partial charge on any atom is -0.483 e. The molecule has 1 aliphatic carbocycles. The van der Waals surface area contributed by atoms with Crippen LogP contribution >= 0.6 is 11.3 Å². The molecule has 0 spiro atoms. The van der Waals surface area contributed by atoms with Crippen LogP contribution in [-0.4, -0.2) is 28.0 Å². The Morgan fingerprint density at radius 1 is 1.09 bits per heavy atom. The van der Waals surface area contributed by atoms with Crippen molar-refractivity contribution in [2.75, 3.05) is 4.90 Å². The zero-order chi connectivity index (χ0) is 24.2. The number of carbonyl (C=O) groups is 2. The van der Waals surface area contributed by atoms with Gasteiger partial charge in [0.25, 0.3) is 5.91 Å². The second-order valence-corrected chi connectivity index (χ2v) is 12.2. The molecule has 1 fully saturated rings. The van der Waals surface area contributed by atoms with Gasteiger partial charge in [0.1, 0.15) is 11.1 Å². The van der Waals surface area contributed by atoms with Gasteiger partial charge in [0, 0.05) is 6.42 Å². The van der Waals surface area contributed by atoms with E-state index in [2.05, 4.69) is 56.9 Å². The van der Waals surface area contributed by atoms with E-state index in [0.717, 1.165) is 42.7 Å². The molecule has 0 N–H and O–H groups in total. The van der Waals surface area contributed by atoms with Crippen molar-refractivity contribution in [3.05, 3.63) is 51.7 Å². The van der Waals surface area contributed by atoms with E-state index >= 15 is 0 Å². The van der Waals surface area contributed by atoms with Gasteiger partial charge in [-0.2, -0.15) is 0 Å². The second kappa shape index (κ2) is 8.59. The average Bonchev–Trinajstić information content (AvgIpc) is 3.35. The van der Waals surface area contributed by atoms with Crippen LogP contribution in [0.15, 0.2) is 35.6 Å². The lowest BCUT2D eigenvalue weighted by Crippen LogP contribution is -2.39. The molecular weight excluding hydrogens is 446 g/mol. The fourth-order valence-corrected chi connectivity index (χ4v) is 6.37. The molecule has 1 saturated carbocycles. The summed E-state index contributed by atoms with van der Waals surface area (Å²) in [5, 5.41) is 10.2. The summed E-state index contributed by atoms with van der Waals surface area (Å²) in [6.07, 6.45) is 4.30. The lowest BCUT2D eigenvalue weighted by molar-refractivity contribution is -0.131. The lowest BCUT2D eigenvalue weighted by Gasteiger charge is -2.35. The van der Waals surface area contributed by atoms with Crippen molar-refractivity contribution in [1.29, 1.82) is 0 Å². The van der Waals surface area contributed by atoms with E-state index in [1.54, 1.807) is 4.90 Å². The van der Waals surface area contributed by atoms with Crippen LogP contribution in [0, 0.1) is 11.8 Å². The first-order valence-electron chi connectivity index (χ1n) is 12.4. The van der Waals surface area contributed by atoms with Gasteiger partial charge < -0.3 is 4.74 Å². The first kappa shape index (κ1) is 23.2. The van der Waals surface area contributed by atoms with Gasteiger partial charge in [-0.25, -0.2) is 0 Å². The zero-order valence-electron chi connectivity index (χ0n) is 20.6. The van der Waals surface area contributed by atoms with Gasteiger partial charge >= 0.3 is 0 Å². The molecule has 2 aliphatic heterocycles. The van der Waals surface area contributed by atoms with E-state index in [-0.39, 0.29) is 34.9 Å². The zero-order valence-corrected chi connectivity index (χ0v) is 21.4. The number of hydrogen-bond acceptors (Lipinski definition) is 6. The highest BCUT2D eigenvalue weighted by molar-refractivity contribution is 7.15. The summed E-state index contributed by atoms with van der Waals surface area (Å²) in [6.45, 7) is 10.8. The van der Waals surface area contributed by atoms with Crippen LogP contribution in [0.3, 0.4) is 0 Å². The van der Waals surface area contributed by atoms with Crippen molar-refractivity contribution in [2.45, 2.75) is 84.3 Å². The van der Waals surface area contributed by atoms with Gasteiger partial charge in [-0.15, -0.1) is 10.2 Å². The summed E-state index contributed by atoms with van der Waals surface area (Å²) in [5.74, 6) is 0.291. The number of rotatable bonds is 4. The Hall–Kier alpha value is -2.54. The molecular formula is C27H33N3O3S. The largest absolute Gasteiger partial charge is 0.483 e. The van der Waals surface area contributed by atoms with Crippen LogP contribution in [-0.2, 0) is 26.2 Å². The molecule has 3 unspecified atom stereocenters. The first-order chi connectivity index (χ1) is 16.1. The molecule has 0 radical (unpaired) electrons. The average molecular weight is 480 g/mol. The highest BCUT2D eigenvalue weighted by Gasteiger charge is 2.53. The summed E-state index contributed by atoms with van der Waals surface area (Å²) in [6, 6.07) is 7.73. The maximum atomic E-state index is 13.8. The van der Waals surface area contributed by atoms with Gasteiger partial charge in [0.2, 0.25) is 5.13 Å². The van der Waals surface area contributed by atoms with E-state index in [1.165, 1.54) is 16.9 Å². The van der Waals surface area contributed by atoms with Crippen molar-refractivity contribution < 1.29 is 14.3 Å². The molecule has 2 aromatic rings. The third-order valence-corrected chi connectivity index (χ3v) is 8.05. The van der Waals surface area contributed by atoms with Crippen molar-refractivity contribution in [2.24, 2.45) is 11.8 Å². The molecule has 1 aromatic carbocycles. The molecule has 1 amide bonds. The Bertz CT molecular complexity index is 1140. The number of carbonyl (C=O) groups excluding carboxylic acids is 2. The Labute approximate surface area is 205 Å². The third-order valence-electron chi connectivity index (χ3n) is 7.10. The molecule has 34 heavy (non-hydrogen) atoms. The van der Waals surface area contributed by atoms with Crippen molar-refractivity contribution in [1.82, 2.24) is 10.2 Å². The smallest absolute Gasteiger partial charge is 0.296 e.